The largest absolute Gasteiger partial charge is 0.339 e. The number of nitrogens with zero attached hydrogens (tertiary/aromatic N) is 1. The third-order valence-electron chi connectivity index (χ3n) is 2.95. The van der Waals surface area contributed by atoms with Crippen LogP contribution in [0.2, 0.25) is 0 Å². The van der Waals surface area contributed by atoms with E-state index >= 15 is 0 Å². The number of unbranched alkanes of at least 4 members (excludes halogenated alkanes) is 1. The summed E-state index contributed by atoms with van der Waals surface area (Å²) in [5.41, 5.74) is 0. The molecule has 1 amide bonds. The predicted octanol–water partition coefficient (Wildman–Crippen LogP) is 1.39. The van der Waals surface area contributed by atoms with Gasteiger partial charge in [-0.3, -0.25) is 4.79 Å². The van der Waals surface area contributed by atoms with Crippen LogP contribution in [-0.2, 0) is 4.79 Å². The van der Waals surface area contributed by atoms with Gasteiger partial charge in [-0.25, -0.2) is 0 Å². The molecule has 3 nitrogen and oxygen atoms in total. The molecule has 0 aromatic heterocycles. The maximum absolute atomic E-state index is 11.9. The lowest BCUT2D eigenvalue weighted by Gasteiger charge is -2.28. The second kappa shape index (κ2) is 5.35. The van der Waals surface area contributed by atoms with Crippen LogP contribution >= 0.6 is 0 Å². The van der Waals surface area contributed by atoms with Gasteiger partial charge in [-0.2, -0.15) is 0 Å². The standard InChI is InChI=1S/C11H22N2O/c1-4-5-8-13-9(2)6-7-12-10(3)11(13)14/h9-10,12H,4-8H2,1-3H3. The highest BCUT2D eigenvalue weighted by molar-refractivity contribution is 5.82. The summed E-state index contributed by atoms with van der Waals surface area (Å²) in [7, 11) is 0. The van der Waals surface area contributed by atoms with Crippen LogP contribution in [0.3, 0.4) is 0 Å². The molecule has 14 heavy (non-hydrogen) atoms. The summed E-state index contributed by atoms with van der Waals surface area (Å²) in [5.74, 6) is 0.267. The summed E-state index contributed by atoms with van der Waals surface area (Å²) >= 11 is 0. The van der Waals surface area contributed by atoms with Gasteiger partial charge in [-0.05, 0) is 33.2 Å². The van der Waals surface area contributed by atoms with E-state index < -0.39 is 0 Å². The molecule has 1 aliphatic heterocycles. The monoisotopic (exact) mass is 198 g/mol. The van der Waals surface area contributed by atoms with E-state index in [2.05, 4.69) is 19.2 Å². The second-order valence-electron chi connectivity index (χ2n) is 4.20. The lowest BCUT2D eigenvalue weighted by Crippen LogP contribution is -2.44. The Labute approximate surface area is 86.9 Å². The molecule has 3 heteroatoms. The van der Waals surface area contributed by atoms with Gasteiger partial charge < -0.3 is 10.2 Å². The Bertz CT molecular complexity index is 194. The molecule has 1 rings (SSSR count). The molecule has 0 aromatic rings. The van der Waals surface area contributed by atoms with Crippen molar-refractivity contribution in [2.75, 3.05) is 13.1 Å². The van der Waals surface area contributed by atoms with E-state index in [0.717, 1.165) is 32.4 Å². The molecule has 0 saturated carbocycles. The van der Waals surface area contributed by atoms with Crippen LogP contribution in [0.15, 0.2) is 0 Å². The zero-order valence-corrected chi connectivity index (χ0v) is 9.55. The predicted molar refractivity (Wildman–Crippen MR) is 58.2 cm³/mol. The lowest BCUT2D eigenvalue weighted by atomic mass is 10.2. The van der Waals surface area contributed by atoms with E-state index in [0.29, 0.717) is 6.04 Å². The summed E-state index contributed by atoms with van der Waals surface area (Å²) in [6.45, 7) is 8.14. The molecular weight excluding hydrogens is 176 g/mol. The van der Waals surface area contributed by atoms with Crippen LogP contribution < -0.4 is 5.32 Å². The number of hydrogen-bond donors (Lipinski definition) is 1. The van der Waals surface area contributed by atoms with Crippen molar-refractivity contribution in [3.8, 4) is 0 Å². The zero-order chi connectivity index (χ0) is 10.6. The normalized spacial score (nSPS) is 29.1. The smallest absolute Gasteiger partial charge is 0.239 e. The van der Waals surface area contributed by atoms with Gasteiger partial charge in [0.25, 0.3) is 0 Å². The first-order chi connectivity index (χ1) is 6.66. The van der Waals surface area contributed by atoms with Crippen molar-refractivity contribution >= 4 is 5.91 Å². The maximum Gasteiger partial charge on any atom is 0.239 e. The third-order valence-corrected chi connectivity index (χ3v) is 2.95. The zero-order valence-electron chi connectivity index (χ0n) is 9.55. The van der Waals surface area contributed by atoms with Crippen LogP contribution in [0.4, 0.5) is 0 Å². The minimum absolute atomic E-state index is 0.00296. The number of hydrogen-bond acceptors (Lipinski definition) is 2. The SMILES string of the molecule is CCCCN1C(=O)C(C)NCCC1C. The highest BCUT2D eigenvalue weighted by Crippen LogP contribution is 2.11. The second-order valence-corrected chi connectivity index (χ2v) is 4.20. The first kappa shape index (κ1) is 11.5. The van der Waals surface area contributed by atoms with E-state index in [1.165, 1.54) is 0 Å². The Morgan fingerprint density at radius 1 is 1.50 bits per heavy atom. The minimum Gasteiger partial charge on any atom is -0.339 e. The quantitative estimate of drug-likeness (QED) is 0.743. The third kappa shape index (κ3) is 2.71. The number of rotatable bonds is 3. The first-order valence-electron chi connectivity index (χ1n) is 5.70. The van der Waals surface area contributed by atoms with Gasteiger partial charge >= 0.3 is 0 Å². The summed E-state index contributed by atoms with van der Waals surface area (Å²) in [5, 5.41) is 3.24. The highest BCUT2D eigenvalue weighted by Gasteiger charge is 2.26. The van der Waals surface area contributed by atoms with Crippen molar-refractivity contribution in [3.63, 3.8) is 0 Å². The Balaban J connectivity index is 2.59. The van der Waals surface area contributed by atoms with E-state index in [1.54, 1.807) is 0 Å². The Morgan fingerprint density at radius 2 is 2.21 bits per heavy atom. The molecule has 0 aliphatic carbocycles. The summed E-state index contributed by atoms with van der Waals surface area (Å²) in [6, 6.07) is 0.392. The Kier molecular flexibility index (Phi) is 4.39. The fourth-order valence-corrected chi connectivity index (χ4v) is 1.88. The molecule has 1 fully saturated rings. The van der Waals surface area contributed by atoms with Crippen LogP contribution in [0, 0.1) is 0 Å². The molecule has 0 bridgehead atoms. The van der Waals surface area contributed by atoms with Gasteiger partial charge in [0.1, 0.15) is 0 Å². The molecule has 1 N–H and O–H groups in total. The lowest BCUT2D eigenvalue weighted by molar-refractivity contribution is -0.134. The molecule has 2 atom stereocenters. The van der Waals surface area contributed by atoms with Gasteiger partial charge in [0, 0.05) is 12.6 Å². The summed E-state index contributed by atoms with van der Waals surface area (Å²) in [4.78, 5) is 14.0. The summed E-state index contributed by atoms with van der Waals surface area (Å²) < 4.78 is 0. The number of carbonyl (C=O) groups is 1. The molecular formula is C11H22N2O. The van der Waals surface area contributed by atoms with Gasteiger partial charge in [-0.1, -0.05) is 13.3 Å². The Morgan fingerprint density at radius 3 is 2.86 bits per heavy atom. The van der Waals surface area contributed by atoms with Crippen molar-refractivity contribution in [2.24, 2.45) is 0 Å². The van der Waals surface area contributed by atoms with E-state index in [1.807, 2.05) is 11.8 Å². The average Bonchev–Trinajstić information content (AvgIpc) is 2.27. The Hall–Kier alpha value is -0.570. The van der Waals surface area contributed by atoms with Crippen molar-refractivity contribution in [1.29, 1.82) is 0 Å². The van der Waals surface area contributed by atoms with Gasteiger partial charge in [0.2, 0.25) is 5.91 Å². The fraction of sp³-hybridized carbons (Fsp3) is 0.909. The maximum atomic E-state index is 11.9. The molecule has 0 spiro atoms. The molecule has 0 radical (unpaired) electrons. The molecule has 1 heterocycles. The first-order valence-corrected chi connectivity index (χ1v) is 5.70. The van der Waals surface area contributed by atoms with Crippen molar-refractivity contribution in [1.82, 2.24) is 10.2 Å². The van der Waals surface area contributed by atoms with Crippen molar-refractivity contribution < 1.29 is 4.79 Å². The molecule has 0 aromatic carbocycles. The van der Waals surface area contributed by atoms with Crippen LogP contribution in [-0.4, -0.2) is 36.0 Å². The minimum atomic E-state index is -0.00296. The van der Waals surface area contributed by atoms with Gasteiger partial charge in [-0.15, -0.1) is 0 Å². The molecule has 2 unspecified atom stereocenters. The van der Waals surface area contributed by atoms with Crippen molar-refractivity contribution in [2.45, 2.75) is 52.1 Å². The van der Waals surface area contributed by atoms with Crippen LogP contribution in [0.5, 0.6) is 0 Å². The van der Waals surface area contributed by atoms with Crippen molar-refractivity contribution in [3.05, 3.63) is 0 Å². The fourth-order valence-electron chi connectivity index (χ4n) is 1.88. The van der Waals surface area contributed by atoms with Gasteiger partial charge in [0.05, 0.1) is 6.04 Å². The molecule has 82 valence electrons. The topological polar surface area (TPSA) is 32.3 Å². The van der Waals surface area contributed by atoms with Gasteiger partial charge in [0.15, 0.2) is 0 Å². The number of nitrogens with one attached hydrogen (secondary N) is 1. The highest BCUT2D eigenvalue weighted by atomic mass is 16.2. The average molecular weight is 198 g/mol. The number of carbonyl (C=O) groups excluding carboxylic acids is 1. The van der Waals surface area contributed by atoms with E-state index in [-0.39, 0.29) is 11.9 Å². The number of amides is 1. The molecule has 1 aliphatic rings. The summed E-state index contributed by atoms with van der Waals surface area (Å²) in [6.07, 6.45) is 3.33. The van der Waals surface area contributed by atoms with Crippen LogP contribution in [0.25, 0.3) is 0 Å². The van der Waals surface area contributed by atoms with E-state index in [9.17, 15) is 4.79 Å². The molecule has 1 saturated heterocycles. The van der Waals surface area contributed by atoms with Crippen LogP contribution in [0.1, 0.15) is 40.0 Å². The van der Waals surface area contributed by atoms with E-state index in [4.69, 9.17) is 0 Å².